The quantitative estimate of drug-likeness (QED) is 0.743. The third kappa shape index (κ3) is 2.81. The van der Waals surface area contributed by atoms with E-state index in [9.17, 15) is 9.90 Å². The van der Waals surface area contributed by atoms with E-state index in [2.05, 4.69) is 15.3 Å². The molecule has 0 bridgehead atoms. The Balaban J connectivity index is 2.12. The van der Waals surface area contributed by atoms with Crippen molar-refractivity contribution >= 4 is 51.7 Å². The van der Waals surface area contributed by atoms with E-state index in [-0.39, 0.29) is 11.5 Å². The van der Waals surface area contributed by atoms with E-state index < -0.39 is 5.97 Å². The predicted octanol–water partition coefficient (Wildman–Crippen LogP) is 4.38. The van der Waals surface area contributed by atoms with Crippen molar-refractivity contribution in [3.63, 3.8) is 0 Å². The van der Waals surface area contributed by atoms with Crippen molar-refractivity contribution < 1.29 is 9.90 Å². The highest BCUT2D eigenvalue weighted by molar-refractivity contribution is 6.36. The summed E-state index contributed by atoms with van der Waals surface area (Å²) in [6, 6.07) is 11.9. The summed E-state index contributed by atoms with van der Waals surface area (Å²) in [5, 5.41) is 13.1. The largest absolute Gasteiger partial charge is 0.476 e. The van der Waals surface area contributed by atoms with E-state index in [4.69, 9.17) is 23.2 Å². The highest BCUT2D eigenvalue weighted by Crippen LogP contribution is 2.29. The van der Waals surface area contributed by atoms with Crippen LogP contribution in [0.3, 0.4) is 0 Å². The third-order valence-corrected chi connectivity index (χ3v) is 3.51. The van der Waals surface area contributed by atoms with Crippen LogP contribution in [0.5, 0.6) is 0 Å². The van der Waals surface area contributed by atoms with Crippen LogP contribution in [0.25, 0.3) is 11.0 Å². The molecule has 0 atom stereocenters. The second-order valence-electron chi connectivity index (χ2n) is 4.46. The van der Waals surface area contributed by atoms with Crippen molar-refractivity contribution in [1.82, 2.24) is 9.97 Å². The highest BCUT2D eigenvalue weighted by atomic mass is 35.5. The number of carboxylic acid groups (broad SMARTS) is 1. The second-order valence-corrected chi connectivity index (χ2v) is 5.31. The van der Waals surface area contributed by atoms with Crippen LogP contribution in [0.4, 0.5) is 11.5 Å². The van der Waals surface area contributed by atoms with Crippen LogP contribution >= 0.6 is 23.2 Å². The van der Waals surface area contributed by atoms with Gasteiger partial charge in [-0.15, -0.1) is 0 Å². The summed E-state index contributed by atoms with van der Waals surface area (Å²) >= 11 is 11.9. The molecule has 3 rings (SSSR count). The van der Waals surface area contributed by atoms with E-state index in [0.717, 1.165) is 0 Å². The van der Waals surface area contributed by atoms with Crippen LogP contribution in [0.2, 0.25) is 10.0 Å². The fraction of sp³-hybridized carbons (Fsp3) is 0. The molecule has 0 radical (unpaired) electrons. The lowest BCUT2D eigenvalue weighted by molar-refractivity contribution is 0.0692. The van der Waals surface area contributed by atoms with Crippen molar-refractivity contribution in [3.05, 3.63) is 58.2 Å². The summed E-state index contributed by atoms with van der Waals surface area (Å²) in [4.78, 5) is 19.8. The van der Waals surface area contributed by atoms with Gasteiger partial charge in [0.25, 0.3) is 0 Å². The predicted molar refractivity (Wildman–Crippen MR) is 86.2 cm³/mol. The summed E-state index contributed by atoms with van der Waals surface area (Å²) < 4.78 is 0. The lowest BCUT2D eigenvalue weighted by Gasteiger charge is -2.11. The van der Waals surface area contributed by atoms with Crippen molar-refractivity contribution in [2.45, 2.75) is 0 Å². The van der Waals surface area contributed by atoms with Crippen LogP contribution in [0, 0.1) is 0 Å². The Morgan fingerprint density at radius 1 is 1.05 bits per heavy atom. The number of aromatic carboxylic acids is 1. The number of carbonyl (C=O) groups is 1. The lowest BCUT2D eigenvalue weighted by atomic mass is 10.2. The molecule has 0 unspecified atom stereocenters. The van der Waals surface area contributed by atoms with Crippen LogP contribution in [-0.4, -0.2) is 21.0 Å². The summed E-state index contributed by atoms with van der Waals surface area (Å²) in [6.45, 7) is 0. The molecule has 0 aliphatic heterocycles. The molecule has 0 spiro atoms. The van der Waals surface area contributed by atoms with Gasteiger partial charge in [-0.05, 0) is 30.3 Å². The van der Waals surface area contributed by atoms with E-state index in [1.54, 1.807) is 42.5 Å². The Morgan fingerprint density at radius 2 is 1.73 bits per heavy atom. The minimum atomic E-state index is -1.18. The molecule has 0 aliphatic carbocycles. The van der Waals surface area contributed by atoms with Gasteiger partial charge in [-0.2, -0.15) is 0 Å². The summed E-state index contributed by atoms with van der Waals surface area (Å²) in [6.07, 6.45) is 0. The number of anilines is 2. The zero-order chi connectivity index (χ0) is 15.7. The number of para-hydroxylation sites is 2. The number of halogens is 2. The van der Waals surface area contributed by atoms with Crippen molar-refractivity contribution in [1.29, 1.82) is 0 Å². The first-order valence-electron chi connectivity index (χ1n) is 6.27. The molecule has 5 nitrogen and oxygen atoms in total. The van der Waals surface area contributed by atoms with E-state index in [0.29, 0.717) is 26.8 Å². The first-order valence-corrected chi connectivity index (χ1v) is 7.02. The smallest absolute Gasteiger partial charge is 0.358 e. The average Bonchev–Trinajstić information content (AvgIpc) is 2.49. The van der Waals surface area contributed by atoms with Crippen LogP contribution in [-0.2, 0) is 0 Å². The fourth-order valence-corrected chi connectivity index (χ4v) is 2.41. The molecule has 110 valence electrons. The number of hydrogen-bond donors (Lipinski definition) is 2. The minimum absolute atomic E-state index is 0.121. The molecule has 0 fully saturated rings. The molecule has 2 N–H and O–H groups in total. The Kier molecular flexibility index (Phi) is 3.83. The minimum Gasteiger partial charge on any atom is -0.476 e. The number of nitrogens with one attached hydrogen (secondary N) is 1. The number of aromatic nitrogens is 2. The Labute approximate surface area is 135 Å². The van der Waals surface area contributed by atoms with Gasteiger partial charge in [0.05, 0.1) is 21.7 Å². The van der Waals surface area contributed by atoms with Gasteiger partial charge < -0.3 is 10.4 Å². The number of nitrogens with zero attached hydrogens (tertiary/aromatic N) is 2. The molecule has 0 saturated carbocycles. The Hall–Kier alpha value is -2.37. The monoisotopic (exact) mass is 333 g/mol. The van der Waals surface area contributed by atoms with Crippen molar-refractivity contribution in [2.24, 2.45) is 0 Å². The van der Waals surface area contributed by atoms with Gasteiger partial charge in [0.2, 0.25) is 0 Å². The van der Waals surface area contributed by atoms with Gasteiger partial charge in [-0.25, -0.2) is 14.8 Å². The molecule has 0 aliphatic rings. The van der Waals surface area contributed by atoms with Gasteiger partial charge in [0.15, 0.2) is 11.5 Å². The maximum Gasteiger partial charge on any atom is 0.358 e. The molecular formula is C15H9Cl2N3O2. The average molecular weight is 334 g/mol. The zero-order valence-electron chi connectivity index (χ0n) is 11.0. The molecule has 1 heterocycles. The van der Waals surface area contributed by atoms with Crippen LogP contribution < -0.4 is 5.32 Å². The molecule has 2 aromatic carbocycles. The maximum absolute atomic E-state index is 11.4. The van der Waals surface area contributed by atoms with E-state index >= 15 is 0 Å². The molecule has 0 amide bonds. The molecule has 1 aromatic heterocycles. The summed E-state index contributed by atoms with van der Waals surface area (Å²) in [7, 11) is 0. The standard InChI is InChI=1S/C15H9Cl2N3O2/c16-8-5-6-10(9(17)7-8)19-14-13(15(21)22)18-11-3-1-2-4-12(11)20-14/h1-7H,(H,19,20)(H,21,22). The summed E-state index contributed by atoms with van der Waals surface area (Å²) in [5.41, 5.74) is 1.41. The highest BCUT2D eigenvalue weighted by Gasteiger charge is 2.16. The van der Waals surface area contributed by atoms with Gasteiger partial charge >= 0.3 is 5.97 Å². The molecule has 3 aromatic rings. The summed E-state index contributed by atoms with van der Waals surface area (Å²) in [5.74, 6) is -1.05. The topological polar surface area (TPSA) is 75.1 Å². The van der Waals surface area contributed by atoms with Crippen molar-refractivity contribution in [3.8, 4) is 0 Å². The van der Waals surface area contributed by atoms with Gasteiger partial charge in [0.1, 0.15) is 0 Å². The van der Waals surface area contributed by atoms with Gasteiger partial charge in [-0.3, -0.25) is 0 Å². The number of fused-ring (bicyclic) bond motifs is 1. The van der Waals surface area contributed by atoms with E-state index in [1.165, 1.54) is 0 Å². The second kappa shape index (κ2) is 5.79. The lowest BCUT2D eigenvalue weighted by Crippen LogP contribution is -2.08. The Bertz CT molecular complexity index is 884. The first kappa shape index (κ1) is 14.6. The first-order chi connectivity index (χ1) is 10.5. The number of hydrogen-bond acceptors (Lipinski definition) is 4. The van der Waals surface area contributed by atoms with E-state index in [1.807, 2.05) is 0 Å². The SMILES string of the molecule is O=C(O)c1nc2ccccc2nc1Nc1ccc(Cl)cc1Cl. The van der Waals surface area contributed by atoms with Gasteiger partial charge in [0, 0.05) is 5.02 Å². The number of rotatable bonds is 3. The third-order valence-electron chi connectivity index (χ3n) is 2.96. The Morgan fingerprint density at radius 3 is 2.36 bits per heavy atom. The molecule has 22 heavy (non-hydrogen) atoms. The number of carboxylic acids is 1. The normalized spacial score (nSPS) is 10.6. The molecular weight excluding hydrogens is 325 g/mol. The number of benzene rings is 2. The maximum atomic E-state index is 11.4. The fourth-order valence-electron chi connectivity index (χ4n) is 1.95. The zero-order valence-corrected chi connectivity index (χ0v) is 12.6. The van der Waals surface area contributed by atoms with Crippen LogP contribution in [0.15, 0.2) is 42.5 Å². The van der Waals surface area contributed by atoms with Crippen LogP contribution in [0.1, 0.15) is 10.5 Å². The van der Waals surface area contributed by atoms with Crippen molar-refractivity contribution in [2.75, 3.05) is 5.32 Å². The molecule has 0 saturated heterocycles. The molecule has 7 heteroatoms. The van der Waals surface area contributed by atoms with Gasteiger partial charge in [-0.1, -0.05) is 35.3 Å².